The number of hydrogen-bond acceptors (Lipinski definition) is 0. The molecule has 0 amide bonds. The largest absolute Gasteiger partial charge is 0.0911 e. The zero-order chi connectivity index (χ0) is 19.2. The normalized spacial score (nSPS) is 31.1. The molecule has 4 rings (SSSR count). The average molecular weight is 466 g/mol. The molecule has 0 bridgehead atoms. The van der Waals surface area contributed by atoms with Crippen LogP contribution in [0.15, 0.2) is 106 Å². The molecule has 0 saturated heterocycles. The van der Waals surface area contributed by atoms with E-state index in [1.54, 1.807) is 0 Å². The van der Waals surface area contributed by atoms with Gasteiger partial charge in [0.25, 0.3) is 0 Å². The third-order valence-electron chi connectivity index (χ3n) is 6.25. The number of alkyl halides is 1. The van der Waals surface area contributed by atoms with Gasteiger partial charge in [-0.05, 0) is 58.8 Å². The quantitative estimate of drug-likeness (QED) is 0.292. The van der Waals surface area contributed by atoms with Gasteiger partial charge in [-0.1, -0.05) is 104 Å². The van der Waals surface area contributed by atoms with Gasteiger partial charge in [0.15, 0.2) is 0 Å². The molecular formula is C26H27I. The molecule has 27 heavy (non-hydrogen) atoms. The fourth-order valence-electron chi connectivity index (χ4n) is 4.82. The van der Waals surface area contributed by atoms with E-state index in [2.05, 4.69) is 111 Å². The second kappa shape index (κ2) is 7.09. The molecule has 0 radical (unpaired) electrons. The fraction of sp³-hybridized carbons (Fsp3) is 0.308. The Morgan fingerprint density at radius 3 is 2.78 bits per heavy atom. The van der Waals surface area contributed by atoms with Crippen molar-refractivity contribution in [2.75, 3.05) is 0 Å². The summed E-state index contributed by atoms with van der Waals surface area (Å²) < 4.78 is 0.510. The number of fused-ring (bicyclic) bond motifs is 1. The zero-order valence-electron chi connectivity index (χ0n) is 16.4. The Bertz CT molecular complexity index is 935. The maximum Gasteiger partial charge on any atom is 0.0396 e. The molecule has 0 nitrogen and oxygen atoms in total. The molecule has 138 valence electrons. The minimum atomic E-state index is 0.0359. The van der Waals surface area contributed by atoms with Crippen molar-refractivity contribution < 1.29 is 0 Å². The van der Waals surface area contributed by atoms with Crippen molar-refractivity contribution in [2.24, 2.45) is 11.3 Å². The van der Waals surface area contributed by atoms with Crippen LogP contribution >= 0.6 is 22.6 Å². The second-order valence-corrected chi connectivity index (χ2v) is 9.62. The Kier molecular flexibility index (Phi) is 4.92. The van der Waals surface area contributed by atoms with Crippen LogP contribution < -0.4 is 0 Å². The molecular weight excluding hydrogens is 439 g/mol. The molecule has 0 aromatic carbocycles. The van der Waals surface area contributed by atoms with E-state index in [0.29, 0.717) is 9.84 Å². The average Bonchev–Trinajstić information content (AvgIpc) is 2.89. The van der Waals surface area contributed by atoms with Gasteiger partial charge >= 0.3 is 0 Å². The van der Waals surface area contributed by atoms with Crippen LogP contribution in [0.25, 0.3) is 0 Å². The van der Waals surface area contributed by atoms with Gasteiger partial charge in [0.05, 0.1) is 0 Å². The highest BCUT2D eigenvalue weighted by Crippen LogP contribution is 2.53. The Balaban J connectivity index is 1.77. The van der Waals surface area contributed by atoms with Gasteiger partial charge in [-0.2, -0.15) is 0 Å². The van der Waals surface area contributed by atoms with Gasteiger partial charge in [-0.15, -0.1) is 0 Å². The third-order valence-corrected chi connectivity index (χ3v) is 7.44. The van der Waals surface area contributed by atoms with Crippen LogP contribution in [-0.2, 0) is 0 Å². The van der Waals surface area contributed by atoms with Crippen LogP contribution in [0.5, 0.6) is 0 Å². The maximum absolute atomic E-state index is 4.50. The highest BCUT2D eigenvalue weighted by molar-refractivity contribution is 14.1. The second-order valence-electron chi connectivity index (χ2n) is 8.19. The lowest BCUT2D eigenvalue weighted by Crippen LogP contribution is -2.18. The van der Waals surface area contributed by atoms with Crippen molar-refractivity contribution in [2.45, 2.75) is 37.5 Å². The molecule has 0 spiro atoms. The van der Waals surface area contributed by atoms with E-state index >= 15 is 0 Å². The van der Waals surface area contributed by atoms with E-state index in [4.69, 9.17) is 0 Å². The summed E-state index contributed by atoms with van der Waals surface area (Å²) in [5.74, 6) is 0.456. The molecule has 0 heterocycles. The molecule has 4 aliphatic rings. The summed E-state index contributed by atoms with van der Waals surface area (Å²) in [6.45, 7) is 11.4. The summed E-state index contributed by atoms with van der Waals surface area (Å²) >= 11 is 2.54. The van der Waals surface area contributed by atoms with Crippen molar-refractivity contribution >= 4 is 22.6 Å². The van der Waals surface area contributed by atoms with E-state index in [9.17, 15) is 0 Å². The molecule has 0 N–H and O–H groups in total. The first-order valence-corrected chi connectivity index (χ1v) is 11.1. The maximum atomic E-state index is 4.50. The van der Waals surface area contributed by atoms with Crippen LogP contribution in [-0.4, -0.2) is 3.92 Å². The molecule has 0 aromatic heterocycles. The van der Waals surface area contributed by atoms with Crippen molar-refractivity contribution in [1.82, 2.24) is 0 Å². The number of allylic oxidation sites excluding steroid dienone is 17. The summed E-state index contributed by atoms with van der Waals surface area (Å²) in [5.41, 5.74) is 9.71. The van der Waals surface area contributed by atoms with E-state index in [1.807, 2.05) is 0 Å². The van der Waals surface area contributed by atoms with Crippen molar-refractivity contribution in [3.8, 4) is 0 Å². The van der Waals surface area contributed by atoms with Crippen molar-refractivity contribution in [3.63, 3.8) is 0 Å². The molecule has 2 atom stereocenters. The van der Waals surface area contributed by atoms with Gasteiger partial charge in [-0.25, -0.2) is 0 Å². The minimum absolute atomic E-state index is 0.0359. The topological polar surface area (TPSA) is 0 Å². The van der Waals surface area contributed by atoms with Gasteiger partial charge in [0, 0.05) is 15.3 Å². The van der Waals surface area contributed by atoms with Crippen LogP contribution in [0.1, 0.15) is 33.6 Å². The SMILES string of the molecule is C=C(C=C1/C(=C\C)C2=C(C=CCC2)C1(C)C)C1=C2C=CC=CC2C(I)C=C1. The van der Waals surface area contributed by atoms with Crippen LogP contribution in [0.4, 0.5) is 0 Å². The van der Waals surface area contributed by atoms with Crippen molar-refractivity contribution in [1.29, 1.82) is 0 Å². The highest BCUT2D eigenvalue weighted by atomic mass is 127. The Morgan fingerprint density at radius 2 is 2.00 bits per heavy atom. The Morgan fingerprint density at radius 1 is 1.19 bits per heavy atom. The molecule has 4 aliphatic carbocycles. The van der Waals surface area contributed by atoms with Gasteiger partial charge < -0.3 is 0 Å². The first kappa shape index (κ1) is 18.7. The third kappa shape index (κ3) is 3.04. The van der Waals surface area contributed by atoms with E-state index < -0.39 is 0 Å². The number of halogens is 1. The zero-order valence-corrected chi connectivity index (χ0v) is 18.6. The molecule has 0 saturated carbocycles. The van der Waals surface area contributed by atoms with Crippen LogP contribution in [0.2, 0.25) is 0 Å². The first-order valence-electron chi connectivity index (χ1n) is 9.85. The van der Waals surface area contributed by atoms with Gasteiger partial charge in [0.1, 0.15) is 0 Å². The Hall–Kier alpha value is -1.61. The summed E-state index contributed by atoms with van der Waals surface area (Å²) in [4.78, 5) is 0. The summed E-state index contributed by atoms with van der Waals surface area (Å²) in [5, 5.41) is 0. The standard InChI is InChI=1S/C26H27I/c1-5-18-21-11-8-9-13-23(21)26(3,4)24(18)16-17(2)19-14-15-25(27)22-12-7-6-10-20(19)22/h5-7,9-10,12-16,22,25H,2,8,11H2,1,3-4H3/b18-5-,24-16?. The lowest BCUT2D eigenvalue weighted by atomic mass is 9.77. The smallest absolute Gasteiger partial charge is 0.0396 e. The number of rotatable bonds is 2. The lowest BCUT2D eigenvalue weighted by molar-refractivity contribution is 0.575. The summed E-state index contributed by atoms with van der Waals surface area (Å²) in [6, 6.07) is 0. The highest BCUT2D eigenvalue weighted by Gasteiger charge is 2.39. The molecule has 2 unspecified atom stereocenters. The van der Waals surface area contributed by atoms with E-state index in [1.165, 1.54) is 33.4 Å². The molecule has 0 fully saturated rings. The molecule has 0 aliphatic heterocycles. The molecule has 0 aromatic rings. The first-order chi connectivity index (χ1) is 12.9. The lowest BCUT2D eigenvalue weighted by Gasteiger charge is -2.28. The number of hydrogen-bond donors (Lipinski definition) is 0. The van der Waals surface area contributed by atoms with Crippen LogP contribution in [0, 0.1) is 11.3 Å². The monoisotopic (exact) mass is 466 g/mol. The van der Waals surface area contributed by atoms with Gasteiger partial charge in [-0.3, -0.25) is 0 Å². The summed E-state index contributed by atoms with van der Waals surface area (Å²) in [6.07, 6.45) is 25.1. The predicted molar refractivity (Wildman–Crippen MR) is 126 cm³/mol. The van der Waals surface area contributed by atoms with Gasteiger partial charge in [0.2, 0.25) is 0 Å². The van der Waals surface area contributed by atoms with Crippen molar-refractivity contribution in [3.05, 3.63) is 106 Å². The Labute approximate surface area is 177 Å². The van der Waals surface area contributed by atoms with E-state index in [-0.39, 0.29) is 5.41 Å². The molecule has 1 heteroatoms. The predicted octanol–water partition coefficient (Wildman–Crippen LogP) is 7.51. The van der Waals surface area contributed by atoms with Crippen LogP contribution in [0.3, 0.4) is 0 Å². The summed E-state index contributed by atoms with van der Waals surface area (Å²) in [7, 11) is 0. The minimum Gasteiger partial charge on any atom is -0.0911 e. The fourth-order valence-corrected chi connectivity index (χ4v) is 5.65. The van der Waals surface area contributed by atoms with E-state index in [0.717, 1.165) is 18.4 Å².